The van der Waals surface area contributed by atoms with Gasteiger partial charge in [-0.15, -0.1) is 0 Å². The molecule has 1 saturated heterocycles. The zero-order valence-corrected chi connectivity index (χ0v) is 20.0. The van der Waals surface area contributed by atoms with Crippen molar-refractivity contribution < 1.29 is 29.1 Å². The summed E-state index contributed by atoms with van der Waals surface area (Å²) in [6.45, 7) is 4.13. The Morgan fingerprint density at radius 3 is 2.51 bits per heavy atom. The minimum atomic E-state index is -1.32. The molecule has 0 bridgehead atoms. The van der Waals surface area contributed by atoms with Crippen molar-refractivity contribution in [1.29, 1.82) is 0 Å². The molecule has 2 heterocycles. The van der Waals surface area contributed by atoms with Crippen LogP contribution in [0.4, 0.5) is 0 Å². The number of hydrogen-bond donors (Lipinski definition) is 6. The lowest BCUT2D eigenvalue weighted by Gasteiger charge is -2.30. The van der Waals surface area contributed by atoms with Gasteiger partial charge >= 0.3 is 5.97 Å². The Bertz CT molecular complexity index is 904. The number of nitrogens with one attached hydrogen (secondary N) is 3. The Morgan fingerprint density at radius 2 is 1.94 bits per heavy atom. The first-order valence-electron chi connectivity index (χ1n) is 11.6. The largest absolute Gasteiger partial charge is 0.480 e. The van der Waals surface area contributed by atoms with Crippen molar-refractivity contribution in [2.75, 3.05) is 6.54 Å². The summed E-state index contributed by atoms with van der Waals surface area (Å²) in [5, 5.41) is 14.5. The maximum Gasteiger partial charge on any atom is 0.326 e. The van der Waals surface area contributed by atoms with Crippen molar-refractivity contribution in [2.24, 2.45) is 17.4 Å². The van der Waals surface area contributed by atoms with Crippen LogP contribution in [0.2, 0.25) is 0 Å². The van der Waals surface area contributed by atoms with E-state index in [0.717, 1.165) is 0 Å². The Kier molecular flexibility index (Phi) is 10.2. The van der Waals surface area contributed by atoms with Crippen LogP contribution in [0, 0.1) is 5.92 Å². The number of amides is 4. The van der Waals surface area contributed by atoms with Gasteiger partial charge in [-0.25, -0.2) is 9.78 Å². The highest BCUT2D eigenvalue weighted by atomic mass is 16.4. The first kappa shape index (κ1) is 27.8. The second kappa shape index (κ2) is 12.8. The maximum absolute atomic E-state index is 13.5. The molecule has 194 valence electrons. The van der Waals surface area contributed by atoms with Crippen LogP contribution in [0.1, 0.15) is 51.6 Å². The monoisotopic (exact) mass is 493 g/mol. The van der Waals surface area contributed by atoms with Crippen LogP contribution < -0.4 is 22.1 Å². The van der Waals surface area contributed by atoms with Gasteiger partial charge in [0.2, 0.25) is 23.6 Å². The van der Waals surface area contributed by atoms with Gasteiger partial charge in [0.25, 0.3) is 0 Å². The zero-order chi connectivity index (χ0) is 26.1. The van der Waals surface area contributed by atoms with E-state index in [0.29, 0.717) is 25.0 Å². The number of aliphatic carboxylic acids is 1. The number of imidazole rings is 1. The molecule has 0 saturated carbocycles. The average Bonchev–Trinajstić information content (AvgIpc) is 3.46. The fourth-order valence-electron chi connectivity index (χ4n) is 4.03. The number of aromatic amines is 1. The van der Waals surface area contributed by atoms with E-state index in [1.54, 1.807) is 0 Å². The Labute approximate surface area is 203 Å². The van der Waals surface area contributed by atoms with Gasteiger partial charge in [-0.3, -0.25) is 19.2 Å². The molecular weight excluding hydrogens is 458 g/mol. The first-order valence-corrected chi connectivity index (χ1v) is 11.6. The number of likely N-dealkylation sites (tertiary alicyclic amines) is 1. The summed E-state index contributed by atoms with van der Waals surface area (Å²) >= 11 is 0. The topological polar surface area (TPSA) is 214 Å². The molecule has 2 rings (SSSR count). The van der Waals surface area contributed by atoms with E-state index in [1.807, 2.05) is 13.8 Å². The van der Waals surface area contributed by atoms with E-state index < -0.39 is 53.8 Å². The number of aromatic nitrogens is 2. The third kappa shape index (κ3) is 8.35. The average molecular weight is 494 g/mol. The number of carbonyl (C=O) groups excluding carboxylic acids is 4. The third-order valence-corrected chi connectivity index (χ3v) is 5.79. The van der Waals surface area contributed by atoms with Crippen LogP contribution in [0.3, 0.4) is 0 Å². The molecule has 1 aromatic rings. The van der Waals surface area contributed by atoms with Crippen molar-refractivity contribution in [3.05, 3.63) is 18.2 Å². The second-order valence-electron chi connectivity index (χ2n) is 9.17. The Morgan fingerprint density at radius 1 is 1.23 bits per heavy atom. The van der Waals surface area contributed by atoms with E-state index in [9.17, 15) is 29.1 Å². The van der Waals surface area contributed by atoms with Crippen molar-refractivity contribution in [3.63, 3.8) is 0 Å². The van der Waals surface area contributed by atoms with Gasteiger partial charge < -0.3 is 37.1 Å². The minimum absolute atomic E-state index is 0.111. The molecule has 0 spiro atoms. The molecule has 13 heteroatoms. The summed E-state index contributed by atoms with van der Waals surface area (Å²) in [4.78, 5) is 69.8. The number of carboxylic acid groups (broad SMARTS) is 1. The fraction of sp³-hybridized carbons (Fsp3) is 0.636. The predicted molar refractivity (Wildman–Crippen MR) is 124 cm³/mol. The van der Waals surface area contributed by atoms with Crippen molar-refractivity contribution in [1.82, 2.24) is 25.5 Å². The molecule has 1 aromatic heterocycles. The summed E-state index contributed by atoms with van der Waals surface area (Å²) in [7, 11) is 0. The van der Waals surface area contributed by atoms with Crippen molar-refractivity contribution >= 4 is 29.6 Å². The summed E-state index contributed by atoms with van der Waals surface area (Å²) in [5.74, 6) is -3.41. The lowest BCUT2D eigenvalue weighted by atomic mass is 10.0. The maximum atomic E-state index is 13.5. The molecular formula is C22H35N7O6. The number of nitrogens with zero attached hydrogens (tertiary/aromatic N) is 2. The van der Waals surface area contributed by atoms with Crippen LogP contribution in [0.25, 0.3) is 0 Å². The normalized spacial score (nSPS) is 18.1. The number of nitrogens with two attached hydrogens (primary N) is 2. The van der Waals surface area contributed by atoms with Gasteiger partial charge in [-0.1, -0.05) is 13.8 Å². The van der Waals surface area contributed by atoms with Gasteiger partial charge in [0.15, 0.2) is 0 Å². The number of hydrogen-bond acceptors (Lipinski definition) is 7. The summed E-state index contributed by atoms with van der Waals surface area (Å²) < 4.78 is 0. The van der Waals surface area contributed by atoms with Crippen LogP contribution >= 0.6 is 0 Å². The smallest absolute Gasteiger partial charge is 0.326 e. The molecule has 0 radical (unpaired) electrons. The number of rotatable bonds is 13. The molecule has 4 atom stereocenters. The van der Waals surface area contributed by atoms with E-state index in [2.05, 4.69) is 20.6 Å². The second-order valence-corrected chi connectivity index (χ2v) is 9.17. The number of H-pyrrole nitrogens is 1. The van der Waals surface area contributed by atoms with Crippen LogP contribution in [-0.4, -0.2) is 80.3 Å². The van der Waals surface area contributed by atoms with Crippen LogP contribution in [-0.2, 0) is 30.4 Å². The van der Waals surface area contributed by atoms with Gasteiger partial charge in [0.1, 0.15) is 18.1 Å². The lowest BCUT2D eigenvalue weighted by Crippen LogP contribution is -2.57. The van der Waals surface area contributed by atoms with Crippen molar-refractivity contribution in [3.8, 4) is 0 Å². The molecule has 1 aliphatic rings. The van der Waals surface area contributed by atoms with Gasteiger partial charge in [0.05, 0.1) is 12.4 Å². The molecule has 0 aromatic carbocycles. The minimum Gasteiger partial charge on any atom is -0.480 e. The molecule has 1 aliphatic heterocycles. The zero-order valence-electron chi connectivity index (χ0n) is 20.0. The summed E-state index contributed by atoms with van der Waals surface area (Å²) in [5.41, 5.74) is 11.7. The Hall–Kier alpha value is -3.48. The van der Waals surface area contributed by atoms with Crippen LogP contribution in [0.15, 0.2) is 12.5 Å². The molecule has 8 N–H and O–H groups in total. The molecule has 1 fully saturated rings. The van der Waals surface area contributed by atoms with Gasteiger partial charge in [0, 0.05) is 31.3 Å². The lowest BCUT2D eigenvalue weighted by molar-refractivity contribution is -0.145. The Balaban J connectivity index is 2.15. The highest BCUT2D eigenvalue weighted by molar-refractivity contribution is 5.94. The SMILES string of the molecule is CC(C)CC(N)C(=O)NC(Cc1cnc[nH]1)C(=O)N1CCCC1C(=O)NC(CCC(N)=O)C(=O)O. The first-order chi connectivity index (χ1) is 16.5. The van der Waals surface area contributed by atoms with E-state index in [4.69, 9.17) is 11.5 Å². The molecule has 13 nitrogen and oxygen atoms in total. The standard InChI is InChI=1S/C22H35N7O6/c1-12(2)8-14(23)19(31)28-16(9-13-10-25-11-26-13)21(33)29-7-3-4-17(29)20(32)27-15(22(34)35)5-6-18(24)30/h10-12,14-17H,3-9,23H2,1-2H3,(H2,24,30)(H,25,26)(H,27,32)(H,28,31)(H,34,35). The predicted octanol–water partition coefficient (Wildman–Crippen LogP) is -1.36. The van der Waals surface area contributed by atoms with E-state index >= 15 is 0 Å². The molecule has 4 unspecified atom stereocenters. The molecule has 4 amide bonds. The number of primary amides is 1. The highest BCUT2D eigenvalue weighted by Crippen LogP contribution is 2.20. The number of carboxylic acids is 1. The fourth-order valence-corrected chi connectivity index (χ4v) is 4.03. The molecule has 35 heavy (non-hydrogen) atoms. The van der Waals surface area contributed by atoms with Gasteiger partial charge in [-0.05, 0) is 31.6 Å². The molecule has 0 aliphatic carbocycles. The van der Waals surface area contributed by atoms with Gasteiger partial charge in [-0.2, -0.15) is 0 Å². The quantitative estimate of drug-likeness (QED) is 0.192. The highest BCUT2D eigenvalue weighted by Gasteiger charge is 2.39. The van der Waals surface area contributed by atoms with Crippen molar-refractivity contribution in [2.45, 2.75) is 76.5 Å². The summed E-state index contributed by atoms with van der Waals surface area (Å²) in [6.07, 6.45) is 4.02. The number of carbonyl (C=O) groups is 5. The van der Waals surface area contributed by atoms with Crippen LogP contribution in [0.5, 0.6) is 0 Å². The third-order valence-electron chi connectivity index (χ3n) is 5.79. The van der Waals surface area contributed by atoms with E-state index in [1.165, 1.54) is 17.4 Å². The summed E-state index contributed by atoms with van der Waals surface area (Å²) in [6, 6.07) is -4.03. The van der Waals surface area contributed by atoms with E-state index in [-0.39, 0.29) is 31.7 Å².